The second-order valence-corrected chi connectivity index (χ2v) is 5.88. The van der Waals surface area contributed by atoms with E-state index in [1.165, 1.54) is 11.3 Å². The minimum Gasteiger partial charge on any atom is -0.368 e. The summed E-state index contributed by atoms with van der Waals surface area (Å²) in [6.07, 6.45) is 0. The molecule has 0 atom stereocenters. The summed E-state index contributed by atoms with van der Waals surface area (Å²) in [5.41, 5.74) is 3.68. The molecule has 1 saturated heterocycles. The Morgan fingerprint density at radius 1 is 1.08 bits per heavy atom. The van der Waals surface area contributed by atoms with Crippen molar-refractivity contribution in [3.05, 3.63) is 59.7 Å². The van der Waals surface area contributed by atoms with Crippen LogP contribution >= 0.6 is 0 Å². The largest absolute Gasteiger partial charge is 0.368 e. The fraction of sp³-hybridized carbons (Fsp3) is 0.263. The van der Waals surface area contributed by atoms with Crippen LogP contribution in [0.25, 0.3) is 0 Å². The lowest BCUT2D eigenvalue weighted by atomic mass is 10.1. The maximum Gasteiger partial charge on any atom is 0.321 e. The maximum absolute atomic E-state index is 12.4. The number of aryl methyl sites for hydroxylation is 1. The predicted octanol–water partition coefficient (Wildman–Crippen LogP) is 3.22. The molecular formula is C19H20N4O. The van der Waals surface area contributed by atoms with Crippen molar-refractivity contribution in [3.8, 4) is 6.07 Å². The van der Waals surface area contributed by atoms with Crippen LogP contribution in [0.2, 0.25) is 0 Å². The number of piperazine rings is 1. The SMILES string of the molecule is Cc1ccccc1N1CCN(C(=O)Nc2cccc(C#N)c2)CC1. The summed E-state index contributed by atoms with van der Waals surface area (Å²) in [4.78, 5) is 16.5. The lowest BCUT2D eigenvalue weighted by molar-refractivity contribution is 0.208. The van der Waals surface area contributed by atoms with Gasteiger partial charge >= 0.3 is 6.03 Å². The van der Waals surface area contributed by atoms with Crippen LogP contribution in [0.5, 0.6) is 0 Å². The topological polar surface area (TPSA) is 59.4 Å². The molecule has 1 aliphatic heterocycles. The number of carbonyl (C=O) groups excluding carboxylic acids is 1. The number of carbonyl (C=O) groups is 1. The number of para-hydroxylation sites is 1. The maximum atomic E-state index is 12.4. The molecule has 0 radical (unpaired) electrons. The van der Waals surface area contributed by atoms with Gasteiger partial charge in [0.25, 0.3) is 0 Å². The molecule has 2 aromatic rings. The molecule has 5 heteroatoms. The minimum atomic E-state index is -0.116. The van der Waals surface area contributed by atoms with Crippen LogP contribution in [0.4, 0.5) is 16.2 Å². The predicted molar refractivity (Wildman–Crippen MR) is 95.1 cm³/mol. The Kier molecular flexibility index (Phi) is 4.66. The second-order valence-electron chi connectivity index (χ2n) is 5.88. The Balaban J connectivity index is 1.59. The first-order valence-electron chi connectivity index (χ1n) is 8.04. The third-order valence-electron chi connectivity index (χ3n) is 4.27. The molecule has 0 aliphatic carbocycles. The van der Waals surface area contributed by atoms with E-state index in [1.807, 2.05) is 17.0 Å². The molecular weight excluding hydrogens is 300 g/mol. The number of benzene rings is 2. The van der Waals surface area contributed by atoms with E-state index in [-0.39, 0.29) is 6.03 Å². The fourth-order valence-corrected chi connectivity index (χ4v) is 2.94. The molecule has 24 heavy (non-hydrogen) atoms. The highest BCUT2D eigenvalue weighted by Crippen LogP contribution is 2.21. The van der Waals surface area contributed by atoms with Gasteiger partial charge in [0.2, 0.25) is 0 Å². The molecule has 5 nitrogen and oxygen atoms in total. The van der Waals surface area contributed by atoms with Crippen LogP contribution in [0, 0.1) is 18.3 Å². The van der Waals surface area contributed by atoms with Gasteiger partial charge in [-0.1, -0.05) is 24.3 Å². The first-order chi connectivity index (χ1) is 11.7. The highest BCUT2D eigenvalue weighted by atomic mass is 16.2. The van der Waals surface area contributed by atoms with Gasteiger partial charge in [-0.2, -0.15) is 5.26 Å². The first kappa shape index (κ1) is 15.9. The number of nitrogens with one attached hydrogen (secondary N) is 1. The third kappa shape index (κ3) is 3.49. The van der Waals surface area contributed by atoms with Crippen LogP contribution < -0.4 is 10.2 Å². The minimum absolute atomic E-state index is 0.116. The molecule has 0 saturated carbocycles. The van der Waals surface area contributed by atoms with Crippen LogP contribution in [0.1, 0.15) is 11.1 Å². The van der Waals surface area contributed by atoms with Crippen molar-refractivity contribution in [1.82, 2.24) is 4.90 Å². The van der Waals surface area contributed by atoms with Crippen molar-refractivity contribution in [1.29, 1.82) is 5.26 Å². The molecule has 0 spiro atoms. The molecule has 1 fully saturated rings. The Hall–Kier alpha value is -3.00. The van der Waals surface area contributed by atoms with Crippen molar-refractivity contribution < 1.29 is 4.79 Å². The number of urea groups is 1. The van der Waals surface area contributed by atoms with Gasteiger partial charge in [0.15, 0.2) is 0 Å². The molecule has 1 heterocycles. The summed E-state index contributed by atoms with van der Waals surface area (Å²) in [5, 5.41) is 11.8. The van der Waals surface area contributed by atoms with E-state index in [2.05, 4.69) is 35.3 Å². The number of nitrogens with zero attached hydrogens (tertiary/aromatic N) is 3. The Labute approximate surface area is 142 Å². The van der Waals surface area contributed by atoms with Gasteiger partial charge in [-0.3, -0.25) is 0 Å². The Morgan fingerprint density at radius 3 is 2.54 bits per heavy atom. The van der Waals surface area contributed by atoms with E-state index in [0.29, 0.717) is 24.3 Å². The summed E-state index contributed by atoms with van der Waals surface area (Å²) >= 11 is 0. The van der Waals surface area contributed by atoms with Gasteiger partial charge in [-0.25, -0.2) is 4.79 Å². The summed E-state index contributed by atoms with van der Waals surface area (Å²) < 4.78 is 0. The highest BCUT2D eigenvalue weighted by Gasteiger charge is 2.22. The zero-order chi connectivity index (χ0) is 16.9. The van der Waals surface area contributed by atoms with Crippen LogP contribution in [0.3, 0.4) is 0 Å². The van der Waals surface area contributed by atoms with Gasteiger partial charge in [0.05, 0.1) is 11.6 Å². The number of rotatable bonds is 2. The van der Waals surface area contributed by atoms with Crippen molar-refractivity contribution >= 4 is 17.4 Å². The standard InChI is InChI=1S/C19H20N4O/c1-15-5-2-3-8-18(15)22-9-11-23(12-10-22)19(24)21-17-7-4-6-16(13-17)14-20/h2-8,13H,9-12H2,1H3,(H,21,24). The molecule has 0 aromatic heterocycles. The summed E-state index contributed by atoms with van der Waals surface area (Å²) in [6.45, 7) is 5.10. The van der Waals surface area contributed by atoms with Gasteiger partial charge in [-0.15, -0.1) is 0 Å². The average molecular weight is 320 g/mol. The Morgan fingerprint density at radius 2 is 1.83 bits per heavy atom. The van der Waals surface area contributed by atoms with Crippen LogP contribution in [0.15, 0.2) is 48.5 Å². The van der Waals surface area contributed by atoms with Gasteiger partial charge < -0.3 is 15.1 Å². The highest BCUT2D eigenvalue weighted by molar-refractivity contribution is 5.89. The fourth-order valence-electron chi connectivity index (χ4n) is 2.94. The zero-order valence-corrected chi connectivity index (χ0v) is 13.7. The quantitative estimate of drug-likeness (QED) is 0.924. The molecule has 1 aliphatic rings. The molecule has 3 rings (SSSR count). The van der Waals surface area contributed by atoms with Crippen LogP contribution in [-0.4, -0.2) is 37.1 Å². The molecule has 1 N–H and O–H groups in total. The molecule has 2 aromatic carbocycles. The van der Waals surface area contributed by atoms with Crippen molar-refractivity contribution in [2.45, 2.75) is 6.92 Å². The monoisotopic (exact) mass is 320 g/mol. The number of hydrogen-bond donors (Lipinski definition) is 1. The van der Waals surface area contributed by atoms with E-state index in [4.69, 9.17) is 5.26 Å². The first-order valence-corrected chi connectivity index (χ1v) is 8.04. The Bertz CT molecular complexity index is 773. The normalized spacial score (nSPS) is 14.2. The summed E-state index contributed by atoms with van der Waals surface area (Å²) in [5.74, 6) is 0. The smallest absolute Gasteiger partial charge is 0.321 e. The van der Waals surface area contributed by atoms with E-state index in [1.54, 1.807) is 24.3 Å². The van der Waals surface area contributed by atoms with E-state index in [0.717, 1.165) is 13.1 Å². The molecule has 122 valence electrons. The van der Waals surface area contributed by atoms with Gasteiger partial charge in [0, 0.05) is 37.6 Å². The zero-order valence-electron chi connectivity index (χ0n) is 13.7. The summed E-state index contributed by atoms with van der Waals surface area (Å²) in [7, 11) is 0. The van der Waals surface area contributed by atoms with E-state index >= 15 is 0 Å². The van der Waals surface area contributed by atoms with Crippen molar-refractivity contribution in [3.63, 3.8) is 0 Å². The number of amides is 2. The second kappa shape index (κ2) is 7.05. The lowest BCUT2D eigenvalue weighted by Gasteiger charge is -2.36. The van der Waals surface area contributed by atoms with E-state index in [9.17, 15) is 4.79 Å². The number of hydrogen-bond acceptors (Lipinski definition) is 3. The van der Waals surface area contributed by atoms with Crippen molar-refractivity contribution in [2.24, 2.45) is 0 Å². The van der Waals surface area contributed by atoms with Crippen molar-refractivity contribution in [2.75, 3.05) is 36.4 Å². The third-order valence-corrected chi connectivity index (χ3v) is 4.27. The molecule has 0 bridgehead atoms. The van der Waals surface area contributed by atoms with Gasteiger partial charge in [0.1, 0.15) is 0 Å². The molecule has 0 unspecified atom stereocenters. The average Bonchev–Trinajstić information content (AvgIpc) is 2.62. The summed E-state index contributed by atoms with van der Waals surface area (Å²) in [6, 6.07) is 17.2. The van der Waals surface area contributed by atoms with E-state index < -0.39 is 0 Å². The van der Waals surface area contributed by atoms with Gasteiger partial charge in [-0.05, 0) is 36.8 Å². The molecule has 2 amide bonds. The number of anilines is 2. The lowest BCUT2D eigenvalue weighted by Crippen LogP contribution is -2.50. The van der Waals surface area contributed by atoms with Crippen LogP contribution in [-0.2, 0) is 0 Å². The number of nitriles is 1.